The monoisotopic (exact) mass is 339 g/mol. The molecular weight excluding hydrogens is 320 g/mol. The first-order valence-electron chi connectivity index (χ1n) is 4.32. The van der Waals surface area contributed by atoms with Crippen molar-refractivity contribution in [2.24, 2.45) is 0 Å². The Morgan fingerprint density at radius 1 is 0.778 bits per heavy atom. The highest BCUT2D eigenvalue weighted by Gasteiger charge is 1.98. The zero-order valence-electron chi connectivity index (χ0n) is 9.33. The van der Waals surface area contributed by atoms with E-state index < -0.39 is 20.2 Å². The molecule has 6 nitrogen and oxygen atoms in total. The van der Waals surface area contributed by atoms with Crippen molar-refractivity contribution in [2.75, 3.05) is 23.0 Å². The van der Waals surface area contributed by atoms with Crippen molar-refractivity contribution < 1.29 is 25.9 Å². The predicted octanol–water partition coefficient (Wildman–Crippen LogP) is 1.32. The molecule has 0 atom stereocenters. The lowest BCUT2D eigenvalue weighted by molar-refractivity contribution is 0.460. The molecule has 0 spiro atoms. The Bertz CT molecular complexity index is 336. The highest BCUT2D eigenvalue weighted by Crippen LogP contribution is 2.22. The molecule has 10 heteroatoms. The summed E-state index contributed by atoms with van der Waals surface area (Å²) < 4.78 is 61.2. The van der Waals surface area contributed by atoms with E-state index in [0.29, 0.717) is 11.5 Å². The quantitative estimate of drug-likeness (QED) is 0.267. The van der Waals surface area contributed by atoms with Crippen LogP contribution in [0.15, 0.2) is 0 Å². The van der Waals surface area contributed by atoms with Crippen molar-refractivity contribution in [1.82, 2.24) is 0 Å². The van der Waals surface area contributed by atoms with Crippen LogP contribution in [0.1, 0.15) is 20.3 Å². The average Bonchev–Trinajstić information content (AvgIpc) is 2.06. The molecule has 0 heterocycles. The summed E-state index contributed by atoms with van der Waals surface area (Å²) in [5.74, 6) is 0.261. The zero-order valence-corrected chi connectivity index (χ0v) is 12.6. The Balaban J connectivity index is -0.00000112. The van der Waals surface area contributed by atoms with Gasteiger partial charge in [0, 0.05) is 30.4 Å². The second kappa shape index (κ2) is 11.2. The van der Waals surface area contributed by atoms with Crippen LogP contribution in [0.5, 0.6) is 0 Å². The van der Waals surface area contributed by atoms with E-state index >= 15 is 0 Å². The fraction of sp³-hybridized carbons (Fsp3) is 0.875. The van der Waals surface area contributed by atoms with Gasteiger partial charge in [-0.05, 0) is 12.8 Å². The fourth-order valence-corrected chi connectivity index (χ4v) is 4.24. The summed E-state index contributed by atoms with van der Waals surface area (Å²) in [4.78, 5) is 0. The molecule has 0 saturated carbocycles. The van der Waals surface area contributed by atoms with Crippen molar-refractivity contribution >= 4 is 41.8 Å². The van der Waals surface area contributed by atoms with E-state index in [-0.39, 0.29) is 39.2 Å². The highest BCUT2D eigenvalue weighted by molar-refractivity contribution is 8.76. The van der Waals surface area contributed by atoms with Gasteiger partial charge in [0.05, 0.1) is 20.2 Å². The molecule has 0 aromatic carbocycles. The van der Waals surface area contributed by atoms with Gasteiger partial charge in [0.1, 0.15) is 0 Å². The lowest BCUT2D eigenvalue weighted by Crippen LogP contribution is -2.05. The minimum atomic E-state index is -4.13. The van der Waals surface area contributed by atoms with Gasteiger partial charge in [0.25, 0.3) is 0 Å². The molecule has 0 aliphatic rings. The van der Waals surface area contributed by atoms with Crippen LogP contribution in [0, 0.1) is 7.43 Å². The molecule has 0 N–H and O–H groups in total. The van der Waals surface area contributed by atoms with Crippen molar-refractivity contribution in [2.45, 2.75) is 20.3 Å². The molecule has 0 aromatic rings. The van der Waals surface area contributed by atoms with Gasteiger partial charge in [-0.15, -0.1) is 0 Å². The Labute approximate surface area is 118 Å². The van der Waals surface area contributed by atoms with Crippen molar-refractivity contribution in [3.05, 3.63) is 7.43 Å². The molecule has 0 aromatic heterocycles. The van der Waals surface area contributed by atoms with E-state index in [9.17, 15) is 25.9 Å². The maximum Gasteiger partial charge on any atom is 0.0946 e. The Kier molecular flexibility index (Phi) is 14.7. The number of hydrogen-bond donors (Lipinski definition) is 0. The first-order chi connectivity index (χ1) is 7.21. The highest BCUT2D eigenvalue weighted by atomic mass is 33.1. The standard InChI is InChI=1S/C6H14O6S4.CH4.CH3/c7-15(8,9)5-1-3-13-14-4-2-6-16(10,11)12;;/h1-6H2,(H,7,8,9)(H,10,11,12);1H4;1H3/q;;+1/p-2. The molecule has 0 radical (unpaired) electrons. The third-order valence-electron chi connectivity index (χ3n) is 1.33. The third kappa shape index (κ3) is 21.7. The topological polar surface area (TPSA) is 114 Å². The number of rotatable bonds is 9. The lowest BCUT2D eigenvalue weighted by atomic mass is 10.6. The molecule has 0 aliphatic carbocycles. The fourth-order valence-electron chi connectivity index (χ4n) is 0.707. The minimum Gasteiger partial charge on any atom is -0.748 e. The second-order valence-corrected chi connectivity index (χ2v) is 8.62. The van der Waals surface area contributed by atoms with Gasteiger partial charge in [-0.2, -0.15) is 0 Å². The molecule has 0 aliphatic heterocycles. The van der Waals surface area contributed by atoms with Crippen molar-refractivity contribution in [1.29, 1.82) is 0 Å². The van der Waals surface area contributed by atoms with Crippen molar-refractivity contribution in [3.8, 4) is 0 Å². The maximum absolute atomic E-state index is 10.2. The van der Waals surface area contributed by atoms with E-state index in [1.807, 2.05) is 0 Å². The van der Waals surface area contributed by atoms with E-state index in [1.165, 1.54) is 21.6 Å². The second-order valence-electron chi connectivity index (χ2n) is 2.87. The minimum absolute atomic E-state index is 0. The molecule has 112 valence electrons. The SMILES string of the molecule is C.O=S(=O)([O-])CCCSSCCCS(=O)(=O)[O-].[CH3+]. The van der Waals surface area contributed by atoms with E-state index in [1.54, 1.807) is 0 Å². The van der Waals surface area contributed by atoms with Crippen LogP contribution in [0.2, 0.25) is 0 Å². The van der Waals surface area contributed by atoms with Gasteiger partial charge in [-0.3, -0.25) is 0 Å². The van der Waals surface area contributed by atoms with Crippen molar-refractivity contribution in [3.63, 3.8) is 0 Å². The predicted molar refractivity (Wildman–Crippen MR) is 76.4 cm³/mol. The van der Waals surface area contributed by atoms with E-state index in [0.717, 1.165) is 0 Å². The molecule has 18 heavy (non-hydrogen) atoms. The van der Waals surface area contributed by atoms with Crippen LogP contribution < -0.4 is 0 Å². The normalized spacial score (nSPS) is 11.4. The maximum atomic E-state index is 10.2. The van der Waals surface area contributed by atoms with Gasteiger partial charge >= 0.3 is 0 Å². The molecule has 0 fully saturated rings. The Morgan fingerprint density at radius 3 is 1.28 bits per heavy atom. The first kappa shape index (κ1) is 23.5. The molecule has 0 unspecified atom stereocenters. The summed E-state index contributed by atoms with van der Waals surface area (Å²) in [5.41, 5.74) is 0. The number of hydrogen-bond acceptors (Lipinski definition) is 8. The largest absolute Gasteiger partial charge is 0.748 e. The molecule has 0 bridgehead atoms. The van der Waals surface area contributed by atoms with Crippen LogP contribution in [-0.2, 0) is 20.2 Å². The summed E-state index contributed by atoms with van der Waals surface area (Å²) in [6.07, 6.45) is 0.562. The first-order valence-corrected chi connectivity index (χ1v) is 9.96. The van der Waals surface area contributed by atoms with Gasteiger partial charge in [-0.1, -0.05) is 29.0 Å². The van der Waals surface area contributed by atoms with Crippen LogP contribution in [0.25, 0.3) is 0 Å². The zero-order chi connectivity index (χ0) is 12.7. The van der Waals surface area contributed by atoms with Crippen LogP contribution in [0.4, 0.5) is 0 Å². The summed E-state index contributed by atoms with van der Waals surface area (Å²) >= 11 is 0. The van der Waals surface area contributed by atoms with Crippen LogP contribution >= 0.6 is 21.6 Å². The lowest BCUT2D eigenvalue weighted by Gasteiger charge is -2.06. The van der Waals surface area contributed by atoms with E-state index in [4.69, 9.17) is 0 Å². The summed E-state index contributed by atoms with van der Waals surface area (Å²) in [6, 6.07) is 0. The molecule has 0 amide bonds. The molecular formula is C8H19O6S4-. The average molecular weight is 340 g/mol. The Morgan fingerprint density at radius 2 is 1.06 bits per heavy atom. The van der Waals surface area contributed by atoms with Gasteiger partial charge in [-0.25, -0.2) is 16.8 Å². The third-order valence-corrected chi connectivity index (χ3v) is 5.48. The summed E-state index contributed by atoms with van der Waals surface area (Å²) in [5, 5.41) is 0. The summed E-state index contributed by atoms with van der Waals surface area (Å²) in [7, 11) is -5.55. The van der Waals surface area contributed by atoms with Crippen LogP contribution in [-0.4, -0.2) is 49.0 Å². The smallest absolute Gasteiger partial charge is 0.0946 e. The van der Waals surface area contributed by atoms with Gasteiger partial charge in [0.15, 0.2) is 0 Å². The van der Waals surface area contributed by atoms with Gasteiger partial charge < -0.3 is 9.11 Å². The van der Waals surface area contributed by atoms with Crippen LogP contribution in [0.3, 0.4) is 0 Å². The summed E-state index contributed by atoms with van der Waals surface area (Å²) in [6.45, 7) is 0. The molecule has 0 saturated heterocycles. The van der Waals surface area contributed by atoms with E-state index in [2.05, 4.69) is 0 Å². The molecule has 0 rings (SSSR count). The Hall–Kier alpha value is 0.390. The van der Waals surface area contributed by atoms with Gasteiger partial charge in [0.2, 0.25) is 0 Å².